The number of fused-ring (bicyclic) bond motifs is 2. The Balaban J connectivity index is 2.96. The molecule has 0 aliphatic heterocycles. The summed E-state index contributed by atoms with van der Waals surface area (Å²) >= 11 is 0. The molecule has 0 radical (unpaired) electrons. The van der Waals surface area contributed by atoms with Gasteiger partial charge in [0.15, 0.2) is 0 Å². The largest absolute Gasteiger partial charge is 0.511 e. The molecule has 2 bridgehead atoms. The lowest BCUT2D eigenvalue weighted by Crippen LogP contribution is -2.70. The van der Waals surface area contributed by atoms with Gasteiger partial charge in [-0.3, -0.25) is 14.4 Å². The molecule has 0 aromatic rings. The van der Waals surface area contributed by atoms with E-state index in [4.69, 9.17) is 18.9 Å². The predicted molar refractivity (Wildman–Crippen MR) is 95.0 cm³/mol. The highest BCUT2D eigenvalue weighted by atomic mass is 16.5. The quantitative estimate of drug-likeness (QED) is 0.475. The molecule has 10 heteroatoms. The number of methoxy groups -OCH3 is 4. The summed E-state index contributed by atoms with van der Waals surface area (Å²) in [7, 11) is 4.27. The van der Waals surface area contributed by atoms with Gasteiger partial charge in [0.1, 0.15) is 17.3 Å². The first-order valence-corrected chi connectivity index (χ1v) is 9.01. The number of ether oxygens (including phenoxy) is 4. The van der Waals surface area contributed by atoms with E-state index in [0.29, 0.717) is 0 Å². The van der Waals surface area contributed by atoms with Crippen molar-refractivity contribution >= 4 is 23.9 Å². The standard InChI is InChI=1S/C19H26O10/c1-7-8(2)11(16(22)27-4)19(25)12(17(23)28-5)9(7)10(15(21)26-3)14(20)13(19)18(24)29-6/h7-9,11-13,20,25H,1-6H3/t7-,8-,9+,11-,12+,13?,19-/m1/s1. The minimum Gasteiger partial charge on any atom is -0.511 e. The van der Waals surface area contributed by atoms with Crippen LogP contribution >= 0.6 is 0 Å². The van der Waals surface area contributed by atoms with E-state index < -0.39 is 70.7 Å². The normalized spacial score (nSPS) is 36.1. The highest BCUT2D eigenvalue weighted by molar-refractivity contribution is 5.95. The third-order valence-electron chi connectivity index (χ3n) is 6.37. The first-order chi connectivity index (χ1) is 13.5. The third-order valence-corrected chi connectivity index (χ3v) is 6.37. The van der Waals surface area contributed by atoms with Gasteiger partial charge in [-0.15, -0.1) is 0 Å². The molecular formula is C19H26O10. The maximum Gasteiger partial charge on any atom is 0.337 e. The van der Waals surface area contributed by atoms with E-state index >= 15 is 0 Å². The Hall–Kier alpha value is -2.62. The summed E-state index contributed by atoms with van der Waals surface area (Å²) in [6.07, 6.45) is 0. The first kappa shape index (κ1) is 22.7. The molecule has 2 N–H and O–H groups in total. The van der Waals surface area contributed by atoms with Gasteiger partial charge in [0, 0.05) is 5.92 Å². The first-order valence-electron chi connectivity index (χ1n) is 9.01. The van der Waals surface area contributed by atoms with E-state index in [9.17, 15) is 29.4 Å². The van der Waals surface area contributed by atoms with Crippen molar-refractivity contribution < 1.29 is 48.3 Å². The van der Waals surface area contributed by atoms with Crippen LogP contribution < -0.4 is 0 Å². The molecule has 0 heterocycles. The Morgan fingerprint density at radius 2 is 1.28 bits per heavy atom. The lowest BCUT2D eigenvalue weighted by atomic mass is 9.47. The van der Waals surface area contributed by atoms with Crippen molar-refractivity contribution in [3.63, 3.8) is 0 Å². The number of aliphatic hydroxyl groups excluding tert-OH is 1. The summed E-state index contributed by atoms with van der Waals surface area (Å²) in [5.41, 5.74) is -2.78. The van der Waals surface area contributed by atoms with Crippen molar-refractivity contribution in [1.29, 1.82) is 0 Å². The van der Waals surface area contributed by atoms with Crippen LogP contribution in [0.3, 0.4) is 0 Å². The summed E-state index contributed by atoms with van der Waals surface area (Å²) in [6.45, 7) is 3.29. The van der Waals surface area contributed by atoms with Gasteiger partial charge in [-0.25, -0.2) is 4.79 Å². The summed E-state index contributed by atoms with van der Waals surface area (Å²) < 4.78 is 19.1. The number of aliphatic hydroxyl groups is 2. The molecule has 0 saturated heterocycles. The van der Waals surface area contributed by atoms with Crippen LogP contribution in [0.1, 0.15) is 13.8 Å². The molecule has 0 amide bonds. The van der Waals surface area contributed by atoms with Gasteiger partial charge in [0.2, 0.25) is 0 Å². The SMILES string of the molecule is COC(=O)C1=C(O)C(C(=O)OC)[C@]2(O)[C@H](C(=O)OC)[C@H]1[C@H](C)[C@@H](C)[C@@H]2C(=O)OC. The number of rotatable bonds is 4. The van der Waals surface area contributed by atoms with Crippen molar-refractivity contribution in [3.8, 4) is 0 Å². The van der Waals surface area contributed by atoms with E-state index in [-0.39, 0.29) is 5.57 Å². The van der Waals surface area contributed by atoms with Crippen LogP contribution in [0, 0.1) is 35.5 Å². The average molecular weight is 414 g/mol. The predicted octanol–water partition coefficient (Wildman–Crippen LogP) is -0.0142. The lowest BCUT2D eigenvalue weighted by molar-refractivity contribution is -0.219. The number of carbonyl (C=O) groups excluding carboxylic acids is 4. The Morgan fingerprint density at radius 1 is 0.793 bits per heavy atom. The van der Waals surface area contributed by atoms with Gasteiger partial charge < -0.3 is 29.2 Å². The fourth-order valence-corrected chi connectivity index (χ4v) is 4.93. The summed E-state index contributed by atoms with van der Waals surface area (Å²) in [5.74, 6) is -11.8. The van der Waals surface area contributed by atoms with E-state index in [0.717, 1.165) is 28.4 Å². The maximum atomic E-state index is 12.8. The smallest absolute Gasteiger partial charge is 0.337 e. The Labute approximate surface area is 167 Å². The second-order valence-corrected chi connectivity index (χ2v) is 7.38. The van der Waals surface area contributed by atoms with E-state index in [1.165, 1.54) is 0 Å². The van der Waals surface area contributed by atoms with Crippen molar-refractivity contribution in [2.24, 2.45) is 35.5 Å². The zero-order chi connectivity index (χ0) is 22.3. The molecule has 2 aliphatic carbocycles. The Kier molecular flexibility index (Phi) is 6.27. The van der Waals surface area contributed by atoms with Gasteiger partial charge in [-0.1, -0.05) is 13.8 Å². The van der Waals surface area contributed by atoms with E-state index in [1.54, 1.807) is 13.8 Å². The molecule has 0 aromatic heterocycles. The highest BCUT2D eigenvalue weighted by Crippen LogP contribution is 2.59. The molecule has 162 valence electrons. The van der Waals surface area contributed by atoms with Crippen LogP contribution in [-0.2, 0) is 38.1 Å². The van der Waals surface area contributed by atoms with Crippen molar-refractivity contribution in [3.05, 3.63) is 11.3 Å². The molecule has 10 nitrogen and oxygen atoms in total. The van der Waals surface area contributed by atoms with E-state index in [2.05, 4.69) is 0 Å². The zero-order valence-corrected chi connectivity index (χ0v) is 17.1. The Morgan fingerprint density at radius 3 is 1.72 bits per heavy atom. The molecule has 1 unspecified atom stereocenters. The van der Waals surface area contributed by atoms with Crippen molar-refractivity contribution in [1.82, 2.24) is 0 Å². The number of carbonyl (C=O) groups is 4. The fraction of sp³-hybridized carbons (Fsp3) is 0.684. The second kappa shape index (κ2) is 8.02. The maximum absolute atomic E-state index is 12.8. The van der Waals surface area contributed by atoms with Gasteiger partial charge in [-0.05, 0) is 11.8 Å². The van der Waals surface area contributed by atoms with Gasteiger partial charge in [0.05, 0.1) is 45.8 Å². The molecule has 2 aliphatic rings. The lowest BCUT2D eigenvalue weighted by Gasteiger charge is -2.57. The third kappa shape index (κ3) is 3.06. The molecule has 7 atom stereocenters. The second-order valence-electron chi connectivity index (χ2n) is 7.38. The Bertz CT molecular complexity index is 756. The van der Waals surface area contributed by atoms with Crippen molar-refractivity contribution in [2.45, 2.75) is 19.4 Å². The molecule has 1 fully saturated rings. The molecule has 2 rings (SSSR count). The number of hydrogen-bond donors (Lipinski definition) is 2. The molecule has 0 aromatic carbocycles. The summed E-state index contributed by atoms with van der Waals surface area (Å²) in [4.78, 5) is 50.5. The monoisotopic (exact) mass is 414 g/mol. The van der Waals surface area contributed by atoms with Crippen LogP contribution in [-0.4, -0.2) is 68.1 Å². The van der Waals surface area contributed by atoms with Crippen LogP contribution in [0.25, 0.3) is 0 Å². The molecule has 29 heavy (non-hydrogen) atoms. The number of hydrogen-bond acceptors (Lipinski definition) is 10. The highest BCUT2D eigenvalue weighted by Gasteiger charge is 2.72. The van der Waals surface area contributed by atoms with Crippen LogP contribution in [0.4, 0.5) is 0 Å². The van der Waals surface area contributed by atoms with Crippen LogP contribution in [0.15, 0.2) is 11.3 Å². The van der Waals surface area contributed by atoms with E-state index in [1.807, 2.05) is 0 Å². The zero-order valence-electron chi connectivity index (χ0n) is 17.1. The van der Waals surface area contributed by atoms with Gasteiger partial charge >= 0.3 is 23.9 Å². The molecular weight excluding hydrogens is 388 g/mol. The fourth-order valence-electron chi connectivity index (χ4n) is 4.93. The molecule has 1 saturated carbocycles. The number of esters is 4. The topological polar surface area (TPSA) is 146 Å². The minimum absolute atomic E-state index is 0.328. The van der Waals surface area contributed by atoms with Gasteiger partial charge in [-0.2, -0.15) is 0 Å². The minimum atomic E-state index is -2.45. The van der Waals surface area contributed by atoms with Crippen LogP contribution in [0.5, 0.6) is 0 Å². The summed E-state index contributed by atoms with van der Waals surface area (Å²) in [5, 5.41) is 22.6. The summed E-state index contributed by atoms with van der Waals surface area (Å²) in [6, 6.07) is 0. The van der Waals surface area contributed by atoms with Crippen LogP contribution in [0.2, 0.25) is 0 Å². The molecule has 0 spiro atoms. The average Bonchev–Trinajstić information content (AvgIpc) is 2.70. The van der Waals surface area contributed by atoms with Crippen molar-refractivity contribution in [2.75, 3.05) is 28.4 Å². The van der Waals surface area contributed by atoms with Gasteiger partial charge in [0.25, 0.3) is 0 Å².